The van der Waals surface area contributed by atoms with Crippen LogP contribution in [0.5, 0.6) is 0 Å². The molecule has 10 rings (SSSR count). The van der Waals surface area contributed by atoms with E-state index in [1.165, 1.54) is 81.9 Å². The van der Waals surface area contributed by atoms with Gasteiger partial charge < -0.3 is 4.42 Å². The molecular weight excluding hydrogens is 569 g/mol. The monoisotopic (exact) mass is 596 g/mol. The van der Waals surface area contributed by atoms with Gasteiger partial charge in [-0.05, 0) is 83.0 Å². The van der Waals surface area contributed by atoms with E-state index in [0.29, 0.717) is 0 Å². The third-order valence-electron chi connectivity index (χ3n) is 9.85. The highest BCUT2D eigenvalue weighted by molar-refractivity contribution is 6.30. The molecule has 0 N–H and O–H groups in total. The number of rotatable bonds is 3. The summed E-state index contributed by atoms with van der Waals surface area (Å²) in [7, 11) is 0. The molecule has 1 heterocycles. The third kappa shape index (κ3) is 3.90. The Morgan fingerprint density at radius 1 is 0.298 bits per heavy atom. The van der Waals surface area contributed by atoms with Gasteiger partial charge in [-0.3, -0.25) is 0 Å². The van der Waals surface area contributed by atoms with E-state index in [0.717, 1.165) is 16.6 Å². The smallest absolute Gasteiger partial charge is 0.136 e. The molecular formula is C46H28O. The maximum Gasteiger partial charge on any atom is 0.136 e. The molecule has 47 heavy (non-hydrogen) atoms. The number of hydrogen-bond donors (Lipinski definition) is 0. The molecule has 0 atom stereocenters. The molecule has 0 bridgehead atoms. The molecule has 0 amide bonds. The lowest BCUT2D eigenvalue weighted by Crippen LogP contribution is -1.92. The lowest BCUT2D eigenvalue weighted by molar-refractivity contribution is 0.669. The molecule has 0 aliphatic heterocycles. The molecule has 218 valence electrons. The maximum atomic E-state index is 6.51. The Morgan fingerprint density at radius 2 is 0.809 bits per heavy atom. The predicted octanol–water partition coefficient (Wildman–Crippen LogP) is 13.2. The first kappa shape index (κ1) is 26.1. The minimum atomic E-state index is 0.913. The summed E-state index contributed by atoms with van der Waals surface area (Å²) < 4.78 is 6.51. The van der Waals surface area contributed by atoms with Crippen LogP contribution in [-0.4, -0.2) is 0 Å². The van der Waals surface area contributed by atoms with Crippen LogP contribution in [0.2, 0.25) is 0 Å². The van der Waals surface area contributed by atoms with E-state index in [1.54, 1.807) is 0 Å². The standard InChI is InChI=1S/C46H28O/c1-3-15-33-29(12-1)14-11-22-34(33)30-24-26-31(27-25-30)43-36-17-5-7-19-38(36)44(39-20-8-6-18-37(39)43)46-35-16-4-2-13-32(35)28-42-45(46)40-21-9-10-23-41(40)47-42/h1-28H. The van der Waals surface area contributed by atoms with Gasteiger partial charge in [0, 0.05) is 16.3 Å². The van der Waals surface area contributed by atoms with Crippen LogP contribution in [0.15, 0.2) is 174 Å². The second-order valence-corrected chi connectivity index (χ2v) is 12.4. The van der Waals surface area contributed by atoms with Crippen LogP contribution in [0.25, 0.3) is 98.4 Å². The van der Waals surface area contributed by atoms with Crippen molar-refractivity contribution in [2.45, 2.75) is 0 Å². The Labute approximate surface area is 271 Å². The summed E-state index contributed by atoms with van der Waals surface area (Å²) in [6.45, 7) is 0. The quantitative estimate of drug-likeness (QED) is 0.185. The zero-order chi connectivity index (χ0) is 30.9. The molecule has 0 radical (unpaired) electrons. The Bertz CT molecular complexity index is 2770. The Kier molecular flexibility index (Phi) is 5.64. The van der Waals surface area contributed by atoms with Crippen LogP contribution in [0.3, 0.4) is 0 Å². The van der Waals surface area contributed by atoms with Gasteiger partial charge in [0.1, 0.15) is 11.2 Å². The van der Waals surface area contributed by atoms with E-state index >= 15 is 0 Å². The fourth-order valence-corrected chi connectivity index (χ4v) is 7.81. The van der Waals surface area contributed by atoms with Crippen LogP contribution in [0, 0.1) is 0 Å². The first-order valence-corrected chi connectivity index (χ1v) is 16.2. The average Bonchev–Trinajstić information content (AvgIpc) is 3.51. The first-order valence-electron chi connectivity index (χ1n) is 16.2. The summed E-state index contributed by atoms with van der Waals surface area (Å²) in [5.41, 5.74) is 9.27. The highest BCUT2D eigenvalue weighted by Crippen LogP contribution is 2.49. The predicted molar refractivity (Wildman–Crippen MR) is 200 cm³/mol. The zero-order valence-corrected chi connectivity index (χ0v) is 25.6. The second kappa shape index (κ2) is 10.2. The molecule has 0 aliphatic rings. The van der Waals surface area contributed by atoms with Crippen LogP contribution in [-0.2, 0) is 0 Å². The summed E-state index contributed by atoms with van der Waals surface area (Å²) in [4.78, 5) is 0. The molecule has 0 saturated heterocycles. The summed E-state index contributed by atoms with van der Waals surface area (Å²) in [6, 6.07) is 61.5. The first-order chi connectivity index (χ1) is 23.3. The van der Waals surface area contributed by atoms with Gasteiger partial charge in [0.05, 0.1) is 0 Å². The number of furan rings is 1. The SMILES string of the molecule is c1ccc2c(-c3ccc(-c4c5ccccc5c(-c5c6ccccc6cc6oc7ccccc7c56)c5ccccc45)cc3)cccc2c1. The minimum Gasteiger partial charge on any atom is -0.456 e. The Balaban J connectivity index is 1.29. The Hall–Kier alpha value is -6.18. The van der Waals surface area contributed by atoms with Crippen LogP contribution in [0.1, 0.15) is 0 Å². The van der Waals surface area contributed by atoms with Gasteiger partial charge in [-0.25, -0.2) is 0 Å². The summed E-state index contributed by atoms with van der Waals surface area (Å²) >= 11 is 0. The summed E-state index contributed by atoms with van der Waals surface area (Å²) in [5, 5.41) is 12.2. The molecule has 1 nitrogen and oxygen atoms in total. The van der Waals surface area contributed by atoms with Gasteiger partial charge in [-0.1, -0.05) is 158 Å². The van der Waals surface area contributed by atoms with Crippen molar-refractivity contribution in [3.63, 3.8) is 0 Å². The third-order valence-corrected chi connectivity index (χ3v) is 9.85. The van der Waals surface area contributed by atoms with Gasteiger partial charge in [-0.2, -0.15) is 0 Å². The second-order valence-electron chi connectivity index (χ2n) is 12.4. The van der Waals surface area contributed by atoms with Gasteiger partial charge in [0.2, 0.25) is 0 Å². The van der Waals surface area contributed by atoms with Crippen molar-refractivity contribution in [3.05, 3.63) is 170 Å². The summed E-state index contributed by atoms with van der Waals surface area (Å²) in [5.74, 6) is 0. The van der Waals surface area contributed by atoms with E-state index in [9.17, 15) is 0 Å². The topological polar surface area (TPSA) is 13.1 Å². The molecule has 0 aliphatic carbocycles. The van der Waals surface area contributed by atoms with Crippen LogP contribution in [0.4, 0.5) is 0 Å². The van der Waals surface area contributed by atoms with Crippen LogP contribution < -0.4 is 0 Å². The molecule has 0 saturated carbocycles. The van der Waals surface area contributed by atoms with Gasteiger partial charge in [-0.15, -0.1) is 0 Å². The van der Waals surface area contributed by atoms with E-state index in [2.05, 4.69) is 170 Å². The number of benzene rings is 9. The zero-order valence-electron chi connectivity index (χ0n) is 25.6. The molecule has 1 heteroatoms. The number of para-hydroxylation sites is 1. The van der Waals surface area contributed by atoms with Crippen molar-refractivity contribution in [1.29, 1.82) is 0 Å². The van der Waals surface area contributed by atoms with Gasteiger partial charge >= 0.3 is 0 Å². The van der Waals surface area contributed by atoms with Crippen molar-refractivity contribution in [2.24, 2.45) is 0 Å². The molecule has 0 fully saturated rings. The highest BCUT2D eigenvalue weighted by atomic mass is 16.3. The van der Waals surface area contributed by atoms with Gasteiger partial charge in [0.25, 0.3) is 0 Å². The molecule has 10 aromatic rings. The van der Waals surface area contributed by atoms with E-state index in [4.69, 9.17) is 4.42 Å². The van der Waals surface area contributed by atoms with Crippen molar-refractivity contribution < 1.29 is 4.42 Å². The minimum absolute atomic E-state index is 0.913. The fourth-order valence-electron chi connectivity index (χ4n) is 7.81. The Morgan fingerprint density at radius 3 is 1.51 bits per heavy atom. The van der Waals surface area contributed by atoms with Crippen molar-refractivity contribution in [2.75, 3.05) is 0 Å². The van der Waals surface area contributed by atoms with Crippen LogP contribution >= 0.6 is 0 Å². The highest BCUT2D eigenvalue weighted by Gasteiger charge is 2.22. The number of fused-ring (bicyclic) bond motifs is 7. The van der Waals surface area contributed by atoms with E-state index < -0.39 is 0 Å². The fraction of sp³-hybridized carbons (Fsp3) is 0. The van der Waals surface area contributed by atoms with Gasteiger partial charge in [0.15, 0.2) is 0 Å². The average molecular weight is 597 g/mol. The largest absolute Gasteiger partial charge is 0.456 e. The lowest BCUT2D eigenvalue weighted by atomic mass is 9.83. The van der Waals surface area contributed by atoms with E-state index in [1.807, 2.05) is 0 Å². The normalized spacial score (nSPS) is 11.8. The van der Waals surface area contributed by atoms with Crippen molar-refractivity contribution in [1.82, 2.24) is 0 Å². The van der Waals surface area contributed by atoms with Crippen molar-refractivity contribution >= 4 is 65.0 Å². The molecule has 1 aromatic heterocycles. The summed E-state index contributed by atoms with van der Waals surface area (Å²) in [6.07, 6.45) is 0. The van der Waals surface area contributed by atoms with Crippen molar-refractivity contribution in [3.8, 4) is 33.4 Å². The molecule has 9 aromatic carbocycles. The van der Waals surface area contributed by atoms with E-state index in [-0.39, 0.29) is 0 Å². The molecule has 0 unspecified atom stereocenters. The molecule has 0 spiro atoms. The maximum absolute atomic E-state index is 6.51. The lowest BCUT2D eigenvalue weighted by Gasteiger charge is -2.19. The number of hydrogen-bond acceptors (Lipinski definition) is 1.